The quantitative estimate of drug-likeness (QED) is 0.370. The van der Waals surface area contributed by atoms with Gasteiger partial charge in [-0.05, 0) is 48.1 Å². The zero-order valence-corrected chi connectivity index (χ0v) is 16.2. The highest BCUT2D eigenvalue weighted by atomic mass is 16.5. The molecule has 3 aromatic rings. The molecule has 4 rings (SSSR count). The lowest BCUT2D eigenvalue weighted by Gasteiger charge is -2.33. The number of anilines is 2. The van der Waals surface area contributed by atoms with Gasteiger partial charge in [0.2, 0.25) is 0 Å². The molecule has 6 N–H and O–H groups in total. The van der Waals surface area contributed by atoms with Crippen molar-refractivity contribution in [2.45, 2.75) is 12.0 Å². The number of nitrogen functional groups attached to an aromatic ring is 2. The molecular formula is C24H22N2O4. The summed E-state index contributed by atoms with van der Waals surface area (Å²) in [6.07, 6.45) is 6.21. The third-order valence-corrected chi connectivity index (χ3v) is 4.92. The number of allylic oxidation sites excluding steroid dienone is 1. The number of phenols is 2. The van der Waals surface area contributed by atoms with Crippen molar-refractivity contribution in [3.8, 4) is 23.0 Å². The van der Waals surface area contributed by atoms with E-state index in [2.05, 4.69) is 0 Å². The summed E-state index contributed by atoms with van der Waals surface area (Å²) >= 11 is 0. The minimum Gasteiger partial charge on any atom is -0.506 e. The third kappa shape index (κ3) is 3.89. The van der Waals surface area contributed by atoms with Gasteiger partial charge < -0.3 is 31.2 Å². The number of rotatable bonds is 5. The standard InChI is InChI=1S/C24H22N2O4/c25-20-14-18(6-8-22(20)27)29-17-10-12-24(13-11-17,16-4-2-1-3-5-16)30-19-7-9-23(28)21(26)15-19/h1-12,14-15,27-28H,13,25-26H2. The maximum absolute atomic E-state index is 9.70. The van der Waals surface area contributed by atoms with Gasteiger partial charge in [0, 0.05) is 18.6 Å². The molecule has 1 unspecified atom stereocenters. The lowest BCUT2D eigenvalue weighted by atomic mass is 9.86. The minimum atomic E-state index is -0.758. The van der Waals surface area contributed by atoms with Gasteiger partial charge in [0.25, 0.3) is 0 Å². The molecular weight excluding hydrogens is 380 g/mol. The summed E-state index contributed by atoms with van der Waals surface area (Å²) in [7, 11) is 0. The maximum atomic E-state index is 9.70. The normalized spacial score (nSPS) is 17.9. The number of aromatic hydroxyl groups is 2. The molecule has 0 saturated carbocycles. The van der Waals surface area contributed by atoms with E-state index in [-0.39, 0.29) is 22.9 Å². The molecule has 0 saturated heterocycles. The predicted octanol–water partition coefficient (Wildman–Crippen LogP) is 4.46. The van der Waals surface area contributed by atoms with E-state index in [0.29, 0.717) is 23.7 Å². The van der Waals surface area contributed by atoms with Crippen LogP contribution in [0, 0.1) is 0 Å². The first kappa shape index (κ1) is 19.3. The second-order valence-corrected chi connectivity index (χ2v) is 7.04. The van der Waals surface area contributed by atoms with Crippen LogP contribution in [0.2, 0.25) is 0 Å². The molecule has 30 heavy (non-hydrogen) atoms. The van der Waals surface area contributed by atoms with Crippen molar-refractivity contribution in [1.29, 1.82) is 0 Å². The highest BCUT2D eigenvalue weighted by molar-refractivity contribution is 5.56. The van der Waals surface area contributed by atoms with E-state index in [1.54, 1.807) is 24.3 Å². The second kappa shape index (κ2) is 7.75. The van der Waals surface area contributed by atoms with Gasteiger partial charge in [0.1, 0.15) is 28.8 Å². The van der Waals surface area contributed by atoms with Crippen LogP contribution in [0.1, 0.15) is 12.0 Å². The molecule has 0 bridgehead atoms. The predicted molar refractivity (Wildman–Crippen MR) is 116 cm³/mol. The first-order valence-electron chi connectivity index (χ1n) is 9.44. The summed E-state index contributed by atoms with van der Waals surface area (Å²) in [5.41, 5.74) is 12.3. The van der Waals surface area contributed by atoms with Crippen molar-refractivity contribution in [2.24, 2.45) is 0 Å². The second-order valence-electron chi connectivity index (χ2n) is 7.04. The van der Waals surface area contributed by atoms with E-state index in [0.717, 1.165) is 5.56 Å². The summed E-state index contributed by atoms with van der Waals surface area (Å²) in [6.45, 7) is 0. The molecule has 3 aromatic carbocycles. The molecule has 6 heteroatoms. The van der Waals surface area contributed by atoms with Gasteiger partial charge in [-0.3, -0.25) is 0 Å². The largest absolute Gasteiger partial charge is 0.506 e. The maximum Gasteiger partial charge on any atom is 0.156 e. The van der Waals surface area contributed by atoms with Crippen LogP contribution in [0.25, 0.3) is 0 Å². The van der Waals surface area contributed by atoms with E-state index in [4.69, 9.17) is 20.9 Å². The van der Waals surface area contributed by atoms with E-state index in [9.17, 15) is 10.2 Å². The Morgan fingerprint density at radius 1 is 0.800 bits per heavy atom. The van der Waals surface area contributed by atoms with E-state index in [1.165, 1.54) is 12.1 Å². The van der Waals surface area contributed by atoms with Crippen molar-refractivity contribution in [3.05, 3.63) is 96.3 Å². The number of phenolic OH excluding ortho intramolecular Hbond substituents is 2. The number of nitrogens with two attached hydrogens (primary N) is 2. The van der Waals surface area contributed by atoms with Crippen LogP contribution in [0.4, 0.5) is 11.4 Å². The van der Waals surface area contributed by atoms with Gasteiger partial charge in [-0.15, -0.1) is 0 Å². The Kier molecular flexibility index (Phi) is 4.98. The van der Waals surface area contributed by atoms with Gasteiger partial charge >= 0.3 is 0 Å². The molecule has 0 amide bonds. The zero-order valence-electron chi connectivity index (χ0n) is 16.2. The van der Waals surface area contributed by atoms with Crippen molar-refractivity contribution < 1.29 is 19.7 Å². The van der Waals surface area contributed by atoms with E-state index >= 15 is 0 Å². The van der Waals surface area contributed by atoms with Gasteiger partial charge in [-0.1, -0.05) is 30.3 Å². The number of hydrogen-bond donors (Lipinski definition) is 4. The lowest BCUT2D eigenvalue weighted by Crippen LogP contribution is -2.32. The number of ether oxygens (including phenoxy) is 2. The van der Waals surface area contributed by atoms with Crippen LogP contribution >= 0.6 is 0 Å². The molecule has 0 heterocycles. The molecule has 1 aliphatic carbocycles. The SMILES string of the molecule is Nc1cc(OC2=CCC(Oc3ccc(O)c(N)c3)(c3ccccc3)C=C2)ccc1O. The average Bonchev–Trinajstić information content (AvgIpc) is 2.76. The molecule has 0 fully saturated rings. The van der Waals surface area contributed by atoms with Crippen LogP contribution in [-0.4, -0.2) is 10.2 Å². The first-order valence-corrected chi connectivity index (χ1v) is 9.44. The molecule has 152 valence electrons. The summed E-state index contributed by atoms with van der Waals surface area (Å²) < 4.78 is 12.2. The Morgan fingerprint density at radius 2 is 1.43 bits per heavy atom. The summed E-state index contributed by atoms with van der Waals surface area (Å²) in [5.74, 6) is 1.74. The van der Waals surface area contributed by atoms with Gasteiger partial charge in [0.05, 0.1) is 11.4 Å². The van der Waals surface area contributed by atoms with Crippen molar-refractivity contribution in [3.63, 3.8) is 0 Å². The number of benzene rings is 3. The molecule has 0 spiro atoms. The highest BCUT2D eigenvalue weighted by Crippen LogP contribution is 2.38. The Bertz CT molecular complexity index is 1130. The molecule has 1 atom stereocenters. The van der Waals surface area contributed by atoms with Gasteiger partial charge in [0.15, 0.2) is 5.60 Å². The Balaban J connectivity index is 1.61. The minimum absolute atomic E-state index is 0.0130. The molecule has 0 radical (unpaired) electrons. The van der Waals surface area contributed by atoms with Crippen LogP contribution in [0.3, 0.4) is 0 Å². The summed E-state index contributed by atoms with van der Waals surface area (Å²) in [6, 6.07) is 19.3. The Morgan fingerprint density at radius 3 is 2.03 bits per heavy atom. The lowest BCUT2D eigenvalue weighted by molar-refractivity contribution is 0.119. The number of hydrogen-bond acceptors (Lipinski definition) is 6. The van der Waals surface area contributed by atoms with Crippen molar-refractivity contribution in [2.75, 3.05) is 11.5 Å². The fraction of sp³-hybridized carbons (Fsp3) is 0.0833. The van der Waals surface area contributed by atoms with E-state index < -0.39 is 5.60 Å². The molecule has 1 aliphatic rings. The van der Waals surface area contributed by atoms with Crippen LogP contribution in [0.15, 0.2) is 90.7 Å². The fourth-order valence-corrected chi connectivity index (χ4v) is 3.29. The summed E-state index contributed by atoms with van der Waals surface area (Å²) in [5, 5.41) is 19.3. The van der Waals surface area contributed by atoms with Crippen LogP contribution < -0.4 is 20.9 Å². The third-order valence-electron chi connectivity index (χ3n) is 4.92. The fourth-order valence-electron chi connectivity index (χ4n) is 3.29. The average molecular weight is 402 g/mol. The van der Waals surface area contributed by atoms with E-state index in [1.807, 2.05) is 48.6 Å². The first-order chi connectivity index (χ1) is 14.4. The van der Waals surface area contributed by atoms with Crippen LogP contribution in [-0.2, 0) is 5.60 Å². The molecule has 0 aromatic heterocycles. The smallest absolute Gasteiger partial charge is 0.156 e. The van der Waals surface area contributed by atoms with Crippen molar-refractivity contribution in [1.82, 2.24) is 0 Å². The topological polar surface area (TPSA) is 111 Å². The Labute approximate surface area is 174 Å². The van der Waals surface area contributed by atoms with Gasteiger partial charge in [-0.2, -0.15) is 0 Å². The molecule has 0 aliphatic heterocycles. The highest BCUT2D eigenvalue weighted by Gasteiger charge is 2.33. The molecule has 6 nitrogen and oxygen atoms in total. The summed E-state index contributed by atoms with van der Waals surface area (Å²) in [4.78, 5) is 0. The van der Waals surface area contributed by atoms with Crippen molar-refractivity contribution >= 4 is 11.4 Å². The zero-order chi connectivity index (χ0) is 21.1. The monoisotopic (exact) mass is 402 g/mol. The van der Waals surface area contributed by atoms with Crippen LogP contribution in [0.5, 0.6) is 23.0 Å². The Hall–Kier alpha value is -4.06. The van der Waals surface area contributed by atoms with Gasteiger partial charge in [-0.25, -0.2) is 0 Å².